The predicted molar refractivity (Wildman–Crippen MR) is 92.9 cm³/mol. The van der Waals surface area contributed by atoms with Crippen LogP contribution in [0, 0.1) is 6.92 Å². The van der Waals surface area contributed by atoms with Gasteiger partial charge in [0.1, 0.15) is 5.75 Å². The summed E-state index contributed by atoms with van der Waals surface area (Å²) in [6.07, 6.45) is 0. The molecule has 0 saturated heterocycles. The Hall–Kier alpha value is -2.91. The summed E-state index contributed by atoms with van der Waals surface area (Å²) in [4.78, 5) is 25.0. The van der Waals surface area contributed by atoms with Gasteiger partial charge in [-0.2, -0.15) is 0 Å². The Morgan fingerprint density at radius 3 is 2.31 bits per heavy atom. The van der Waals surface area contributed by atoms with Gasteiger partial charge in [0.05, 0.1) is 17.6 Å². The van der Waals surface area contributed by atoms with E-state index in [4.69, 9.17) is 4.74 Å². The van der Waals surface area contributed by atoms with Gasteiger partial charge in [0.2, 0.25) is 0 Å². The normalized spacial score (nSPS) is 10.8. The predicted octanol–water partition coefficient (Wildman–Crippen LogP) is 1.17. The van der Waals surface area contributed by atoms with E-state index in [0.29, 0.717) is 5.75 Å². The largest absolute Gasteiger partial charge is 0.483 e. The maximum Gasteiger partial charge on any atom is 0.337 e. The van der Waals surface area contributed by atoms with E-state index in [1.807, 2.05) is 23.9 Å². The number of aryl methyl sites for hydroxylation is 1. The fraction of sp³-hybridized carbons (Fsp3) is 0.176. The molecule has 0 aromatic heterocycles. The molecule has 0 atom stereocenters. The van der Waals surface area contributed by atoms with Crippen molar-refractivity contribution < 1.29 is 27.5 Å². The average molecular weight is 378 g/mol. The van der Waals surface area contributed by atoms with Gasteiger partial charge in [-0.25, -0.2) is 13.2 Å². The minimum absolute atomic E-state index is 0.120. The van der Waals surface area contributed by atoms with Crippen molar-refractivity contribution in [1.29, 1.82) is 0 Å². The molecule has 2 N–H and O–H groups in total. The highest BCUT2D eigenvalue weighted by Crippen LogP contribution is 2.15. The Morgan fingerprint density at radius 2 is 1.69 bits per heavy atom. The highest BCUT2D eigenvalue weighted by atomic mass is 32.2. The van der Waals surface area contributed by atoms with Crippen molar-refractivity contribution in [3.05, 3.63) is 59.7 Å². The number of para-hydroxylation sites is 1. The maximum absolute atomic E-state index is 12.1. The second kappa shape index (κ2) is 8.45. The van der Waals surface area contributed by atoms with Crippen molar-refractivity contribution in [2.75, 3.05) is 13.7 Å². The minimum atomic E-state index is -3.99. The highest BCUT2D eigenvalue weighted by molar-refractivity contribution is 7.89. The van der Waals surface area contributed by atoms with Crippen molar-refractivity contribution in [2.24, 2.45) is 0 Å². The molecule has 0 spiro atoms. The van der Waals surface area contributed by atoms with Crippen molar-refractivity contribution in [3.8, 4) is 5.75 Å². The number of methoxy groups -OCH3 is 1. The molecule has 0 bridgehead atoms. The molecule has 2 rings (SSSR count). The first-order valence-electron chi connectivity index (χ1n) is 7.51. The summed E-state index contributed by atoms with van der Waals surface area (Å²) in [5, 5.41) is 0. The van der Waals surface area contributed by atoms with E-state index in [0.717, 1.165) is 5.56 Å². The van der Waals surface area contributed by atoms with Gasteiger partial charge in [-0.05, 0) is 42.8 Å². The van der Waals surface area contributed by atoms with Gasteiger partial charge in [-0.15, -0.1) is 4.83 Å². The number of carbonyl (C=O) groups is 2. The molecule has 2 aromatic rings. The summed E-state index contributed by atoms with van der Waals surface area (Å²) in [6, 6.07) is 12.2. The number of hydrogen-bond acceptors (Lipinski definition) is 6. The Kier molecular flexibility index (Phi) is 6.31. The number of hydrogen-bond donors (Lipinski definition) is 2. The fourth-order valence-electron chi connectivity index (χ4n) is 1.97. The number of nitrogens with one attached hydrogen (secondary N) is 2. The van der Waals surface area contributed by atoms with Crippen LogP contribution in [0.3, 0.4) is 0 Å². The number of rotatable bonds is 7. The third-order valence-corrected chi connectivity index (χ3v) is 4.63. The summed E-state index contributed by atoms with van der Waals surface area (Å²) in [7, 11) is -2.76. The zero-order valence-electron chi connectivity index (χ0n) is 14.2. The zero-order valence-corrected chi connectivity index (χ0v) is 15.0. The van der Waals surface area contributed by atoms with E-state index in [1.165, 1.54) is 31.4 Å². The summed E-state index contributed by atoms with van der Waals surface area (Å²) in [5.41, 5.74) is 3.13. The molecule has 2 aromatic carbocycles. The first-order chi connectivity index (χ1) is 12.3. The van der Waals surface area contributed by atoms with Gasteiger partial charge < -0.3 is 9.47 Å². The van der Waals surface area contributed by atoms with Gasteiger partial charge in [-0.1, -0.05) is 18.2 Å². The number of carbonyl (C=O) groups excluding carboxylic acids is 2. The van der Waals surface area contributed by atoms with Crippen LogP contribution in [0.5, 0.6) is 5.75 Å². The van der Waals surface area contributed by atoms with Crippen molar-refractivity contribution in [1.82, 2.24) is 10.3 Å². The van der Waals surface area contributed by atoms with E-state index in [1.54, 1.807) is 12.1 Å². The number of sulfonamides is 1. The molecule has 8 nitrogen and oxygen atoms in total. The van der Waals surface area contributed by atoms with E-state index in [-0.39, 0.29) is 17.1 Å². The first kappa shape index (κ1) is 19.4. The lowest BCUT2D eigenvalue weighted by Gasteiger charge is -2.11. The van der Waals surface area contributed by atoms with Crippen LogP contribution in [0.15, 0.2) is 53.4 Å². The van der Waals surface area contributed by atoms with E-state index in [9.17, 15) is 18.0 Å². The van der Waals surface area contributed by atoms with Gasteiger partial charge in [0.15, 0.2) is 6.61 Å². The number of ether oxygens (including phenoxy) is 2. The lowest BCUT2D eigenvalue weighted by atomic mass is 10.2. The van der Waals surface area contributed by atoms with Gasteiger partial charge >= 0.3 is 5.97 Å². The molecule has 138 valence electrons. The molecule has 0 aliphatic carbocycles. The number of esters is 1. The Morgan fingerprint density at radius 1 is 1.04 bits per heavy atom. The standard InChI is InChI=1S/C17H18N2O6S/c1-12-5-3-4-6-15(12)25-11-16(20)18-19-26(22,23)14-9-7-13(8-10-14)17(21)24-2/h3-10,19H,11H2,1-2H3,(H,18,20). The van der Waals surface area contributed by atoms with Crippen LogP contribution >= 0.6 is 0 Å². The van der Waals surface area contributed by atoms with Crippen LogP contribution in [0.2, 0.25) is 0 Å². The van der Waals surface area contributed by atoms with Gasteiger partial charge in [0.25, 0.3) is 15.9 Å². The van der Waals surface area contributed by atoms with Gasteiger partial charge in [0, 0.05) is 0 Å². The second-order valence-electron chi connectivity index (χ2n) is 5.22. The summed E-state index contributed by atoms with van der Waals surface area (Å²) in [5.74, 6) is -0.713. The molecule has 1 amide bonds. The van der Waals surface area contributed by atoms with Crippen LogP contribution < -0.4 is 15.0 Å². The second-order valence-corrected chi connectivity index (χ2v) is 6.91. The molecule has 0 aliphatic rings. The molecule has 0 radical (unpaired) electrons. The molecule has 0 saturated carbocycles. The van der Waals surface area contributed by atoms with Gasteiger partial charge in [-0.3, -0.25) is 10.2 Å². The maximum atomic E-state index is 12.1. The Balaban J connectivity index is 1.92. The van der Waals surface area contributed by atoms with Crippen LogP contribution in [-0.2, 0) is 19.6 Å². The number of hydrazine groups is 1. The van der Waals surface area contributed by atoms with E-state index >= 15 is 0 Å². The van der Waals surface area contributed by atoms with Crippen LogP contribution in [-0.4, -0.2) is 34.0 Å². The summed E-state index contributed by atoms with van der Waals surface area (Å²) in [6.45, 7) is 1.47. The highest BCUT2D eigenvalue weighted by Gasteiger charge is 2.16. The minimum Gasteiger partial charge on any atom is -0.483 e. The average Bonchev–Trinajstić information content (AvgIpc) is 2.65. The van der Waals surface area contributed by atoms with Crippen molar-refractivity contribution in [2.45, 2.75) is 11.8 Å². The summed E-state index contributed by atoms with van der Waals surface area (Å²) >= 11 is 0. The molecule has 0 heterocycles. The summed E-state index contributed by atoms with van der Waals surface area (Å²) < 4.78 is 34.1. The molecule has 9 heteroatoms. The third-order valence-electron chi connectivity index (χ3n) is 3.36. The fourth-order valence-corrected chi connectivity index (χ4v) is 2.83. The van der Waals surface area contributed by atoms with Crippen molar-refractivity contribution in [3.63, 3.8) is 0 Å². The lowest BCUT2D eigenvalue weighted by Crippen LogP contribution is -2.43. The smallest absolute Gasteiger partial charge is 0.337 e. The lowest BCUT2D eigenvalue weighted by molar-refractivity contribution is -0.123. The molecular formula is C17H18N2O6S. The quantitative estimate of drug-likeness (QED) is 0.553. The van der Waals surface area contributed by atoms with Crippen LogP contribution in [0.25, 0.3) is 0 Å². The Labute approximate surface area is 151 Å². The molecular weight excluding hydrogens is 360 g/mol. The number of benzene rings is 2. The Bertz CT molecular complexity index is 894. The monoisotopic (exact) mass is 378 g/mol. The molecule has 0 unspecified atom stereocenters. The third kappa shape index (κ3) is 5.04. The first-order valence-corrected chi connectivity index (χ1v) is 8.99. The van der Waals surface area contributed by atoms with Crippen LogP contribution in [0.1, 0.15) is 15.9 Å². The molecule has 0 aliphatic heterocycles. The van der Waals surface area contributed by atoms with Crippen LogP contribution in [0.4, 0.5) is 0 Å². The molecule has 0 fully saturated rings. The van der Waals surface area contributed by atoms with E-state index < -0.39 is 21.9 Å². The number of amides is 1. The van der Waals surface area contributed by atoms with E-state index in [2.05, 4.69) is 10.2 Å². The van der Waals surface area contributed by atoms with Crippen molar-refractivity contribution >= 4 is 21.9 Å². The SMILES string of the molecule is COC(=O)c1ccc(S(=O)(=O)NNC(=O)COc2ccccc2C)cc1. The molecule has 26 heavy (non-hydrogen) atoms. The zero-order chi connectivity index (χ0) is 19.2. The topological polar surface area (TPSA) is 111 Å².